The number of pyridine rings is 1. The molecule has 0 N–H and O–H groups in total. The van der Waals surface area contributed by atoms with Crippen LogP contribution in [-0.4, -0.2) is 19.5 Å². The Morgan fingerprint density at radius 2 is 0.921 bits per heavy atom. The molecule has 292 valence electrons. The summed E-state index contributed by atoms with van der Waals surface area (Å²) in [6.45, 7) is 0. The van der Waals surface area contributed by atoms with Gasteiger partial charge in [0, 0.05) is 49.3 Å². The predicted molar refractivity (Wildman–Crippen MR) is 263 cm³/mol. The zero-order valence-electron chi connectivity index (χ0n) is 34.1. The fourth-order valence-electron chi connectivity index (χ4n) is 9.83. The topological polar surface area (TPSA) is 43.6 Å². The van der Waals surface area contributed by atoms with E-state index in [0.29, 0.717) is 5.82 Å². The van der Waals surface area contributed by atoms with Gasteiger partial charge < -0.3 is 4.57 Å². The Morgan fingerprint density at radius 3 is 1.71 bits per heavy atom. The summed E-state index contributed by atoms with van der Waals surface area (Å²) in [5.41, 5.74) is 12.6. The molecule has 0 atom stereocenters. The van der Waals surface area contributed by atoms with Crippen LogP contribution in [0.1, 0.15) is 0 Å². The summed E-state index contributed by atoms with van der Waals surface area (Å²) in [7, 11) is 0. The second-order valence-corrected chi connectivity index (χ2v) is 16.3. The van der Waals surface area contributed by atoms with Gasteiger partial charge in [0.1, 0.15) is 0 Å². The number of para-hydroxylation sites is 2. The summed E-state index contributed by atoms with van der Waals surface area (Å²) in [4.78, 5) is 16.0. The standard InChI is InChI=1S/C59H36N4/c1-3-15-38(16-4-1)55-47-24-12-11-23-46(47)48-32-33-49-51-35-40(31-34-54(51)63(58(49)57(48)61-55)42-18-5-2-6-19-42)37-27-29-39(30-28-37)59-60-53-26-14-13-25-50(53)56(62-59)52-36-41-17-7-8-20-43(41)44-21-9-10-22-45(44)52/h1-36H. The van der Waals surface area contributed by atoms with E-state index in [0.717, 1.165) is 83.1 Å². The summed E-state index contributed by atoms with van der Waals surface area (Å²) in [6, 6.07) is 77.9. The van der Waals surface area contributed by atoms with Gasteiger partial charge >= 0.3 is 0 Å². The van der Waals surface area contributed by atoms with Crippen molar-refractivity contribution in [3.63, 3.8) is 0 Å². The molecule has 0 bridgehead atoms. The van der Waals surface area contributed by atoms with Crippen molar-refractivity contribution in [1.82, 2.24) is 19.5 Å². The number of hydrogen-bond acceptors (Lipinski definition) is 3. The van der Waals surface area contributed by atoms with Crippen LogP contribution >= 0.6 is 0 Å². The number of benzene rings is 10. The number of fused-ring (bicyclic) bond motifs is 11. The second kappa shape index (κ2) is 14.1. The lowest BCUT2D eigenvalue weighted by molar-refractivity contribution is 1.18. The average Bonchev–Trinajstić information content (AvgIpc) is 3.70. The summed E-state index contributed by atoms with van der Waals surface area (Å²) in [5, 5.41) is 11.7. The molecule has 13 aromatic rings. The molecule has 0 unspecified atom stereocenters. The molecule has 0 saturated heterocycles. The maximum Gasteiger partial charge on any atom is 0.160 e. The van der Waals surface area contributed by atoms with E-state index in [9.17, 15) is 0 Å². The van der Waals surface area contributed by atoms with Gasteiger partial charge in [0.2, 0.25) is 0 Å². The second-order valence-electron chi connectivity index (χ2n) is 16.3. The lowest BCUT2D eigenvalue weighted by Crippen LogP contribution is -1.96. The molecule has 10 aromatic carbocycles. The number of hydrogen-bond donors (Lipinski definition) is 0. The van der Waals surface area contributed by atoms with Crippen molar-refractivity contribution in [2.75, 3.05) is 0 Å². The van der Waals surface area contributed by atoms with Crippen LogP contribution < -0.4 is 0 Å². The first-order chi connectivity index (χ1) is 31.2. The van der Waals surface area contributed by atoms with Crippen LogP contribution in [0.15, 0.2) is 218 Å². The van der Waals surface area contributed by atoms with E-state index in [1.54, 1.807) is 0 Å². The van der Waals surface area contributed by atoms with Gasteiger partial charge in [-0.1, -0.05) is 182 Å². The summed E-state index contributed by atoms with van der Waals surface area (Å²) < 4.78 is 2.39. The molecule has 0 aliphatic rings. The lowest BCUT2D eigenvalue weighted by atomic mass is 9.94. The van der Waals surface area contributed by atoms with Crippen LogP contribution in [0.25, 0.3) is 127 Å². The van der Waals surface area contributed by atoms with Crippen molar-refractivity contribution in [1.29, 1.82) is 0 Å². The van der Waals surface area contributed by atoms with Crippen LogP contribution in [0.4, 0.5) is 0 Å². The highest BCUT2D eigenvalue weighted by molar-refractivity contribution is 6.23. The van der Waals surface area contributed by atoms with Crippen molar-refractivity contribution in [3.8, 4) is 50.7 Å². The molecule has 0 spiro atoms. The summed E-state index contributed by atoms with van der Waals surface area (Å²) in [5.74, 6) is 0.704. The molecule has 0 radical (unpaired) electrons. The van der Waals surface area contributed by atoms with E-state index in [2.05, 4.69) is 223 Å². The van der Waals surface area contributed by atoms with Crippen LogP contribution in [-0.2, 0) is 0 Å². The highest BCUT2D eigenvalue weighted by Gasteiger charge is 2.20. The van der Waals surface area contributed by atoms with Crippen molar-refractivity contribution in [2.24, 2.45) is 0 Å². The van der Waals surface area contributed by atoms with Gasteiger partial charge in [-0.15, -0.1) is 0 Å². The summed E-state index contributed by atoms with van der Waals surface area (Å²) in [6.07, 6.45) is 0. The van der Waals surface area contributed by atoms with E-state index < -0.39 is 0 Å². The van der Waals surface area contributed by atoms with Gasteiger partial charge in [-0.05, 0) is 74.5 Å². The molecule has 13 rings (SSSR count). The summed E-state index contributed by atoms with van der Waals surface area (Å²) >= 11 is 0. The van der Waals surface area contributed by atoms with Crippen molar-refractivity contribution in [3.05, 3.63) is 218 Å². The molecule has 0 fully saturated rings. The van der Waals surface area contributed by atoms with Crippen LogP contribution in [0, 0.1) is 0 Å². The highest BCUT2D eigenvalue weighted by atomic mass is 15.0. The molecule has 3 aromatic heterocycles. The van der Waals surface area contributed by atoms with Crippen molar-refractivity contribution in [2.45, 2.75) is 0 Å². The zero-order valence-corrected chi connectivity index (χ0v) is 34.1. The Labute approximate surface area is 363 Å². The predicted octanol–water partition coefficient (Wildman–Crippen LogP) is 15.4. The molecule has 4 nitrogen and oxygen atoms in total. The Bertz CT molecular complexity index is 3950. The fourth-order valence-corrected chi connectivity index (χ4v) is 9.83. The normalized spacial score (nSPS) is 11.8. The van der Waals surface area contributed by atoms with Crippen LogP contribution in [0.3, 0.4) is 0 Å². The van der Waals surface area contributed by atoms with Crippen LogP contribution in [0.2, 0.25) is 0 Å². The van der Waals surface area contributed by atoms with Crippen LogP contribution in [0.5, 0.6) is 0 Å². The van der Waals surface area contributed by atoms with Crippen molar-refractivity contribution >= 4 is 75.9 Å². The minimum atomic E-state index is 0.704. The maximum absolute atomic E-state index is 5.54. The fraction of sp³-hybridized carbons (Fsp3) is 0. The largest absolute Gasteiger partial charge is 0.307 e. The Balaban J connectivity index is 0.971. The maximum atomic E-state index is 5.54. The first-order valence-electron chi connectivity index (χ1n) is 21.4. The first-order valence-corrected chi connectivity index (χ1v) is 21.4. The third-order valence-corrected chi connectivity index (χ3v) is 12.8. The molecule has 0 amide bonds. The molecule has 0 saturated carbocycles. The molecule has 4 heteroatoms. The quantitative estimate of drug-likeness (QED) is 0.163. The van der Waals surface area contributed by atoms with E-state index in [-0.39, 0.29) is 0 Å². The minimum Gasteiger partial charge on any atom is -0.307 e. The van der Waals surface area contributed by atoms with E-state index in [1.165, 1.54) is 37.7 Å². The van der Waals surface area contributed by atoms with Gasteiger partial charge in [0.25, 0.3) is 0 Å². The first kappa shape index (κ1) is 35.3. The number of nitrogens with zero attached hydrogens (tertiary/aromatic N) is 4. The molecule has 0 aliphatic carbocycles. The third kappa shape index (κ3) is 5.59. The number of aromatic nitrogens is 4. The van der Waals surface area contributed by atoms with E-state index in [1.807, 2.05) is 0 Å². The molecule has 3 heterocycles. The highest BCUT2D eigenvalue weighted by Crippen LogP contribution is 2.42. The SMILES string of the molecule is c1ccc(-c2nc3c(ccc4c5cc(-c6ccc(-c7nc(-c8cc9ccccc9c9ccccc89)c8ccccc8n7)cc6)ccc5n(-c5ccccc5)c43)c3ccccc23)cc1. The van der Waals surface area contributed by atoms with E-state index in [4.69, 9.17) is 15.0 Å². The molecular formula is C59H36N4. The van der Waals surface area contributed by atoms with E-state index >= 15 is 0 Å². The van der Waals surface area contributed by atoms with Gasteiger partial charge in [0.15, 0.2) is 5.82 Å². The molecule has 0 aliphatic heterocycles. The monoisotopic (exact) mass is 800 g/mol. The van der Waals surface area contributed by atoms with Gasteiger partial charge in [-0.25, -0.2) is 15.0 Å². The minimum absolute atomic E-state index is 0.704. The van der Waals surface area contributed by atoms with Gasteiger partial charge in [-0.3, -0.25) is 0 Å². The van der Waals surface area contributed by atoms with Gasteiger partial charge in [0.05, 0.1) is 33.5 Å². The van der Waals surface area contributed by atoms with Gasteiger partial charge in [-0.2, -0.15) is 0 Å². The third-order valence-electron chi connectivity index (χ3n) is 12.8. The lowest BCUT2D eigenvalue weighted by Gasteiger charge is -2.14. The molecule has 63 heavy (non-hydrogen) atoms. The zero-order chi connectivity index (χ0) is 41.4. The average molecular weight is 801 g/mol. The smallest absolute Gasteiger partial charge is 0.160 e. The molecular weight excluding hydrogens is 765 g/mol. The Hall–Kier alpha value is -8.47. The Kier molecular flexibility index (Phi) is 7.87. The number of rotatable bonds is 5. The van der Waals surface area contributed by atoms with Crippen molar-refractivity contribution < 1.29 is 0 Å². The Morgan fingerprint density at radius 1 is 0.317 bits per heavy atom.